The first-order chi connectivity index (χ1) is 18.1. The van der Waals surface area contributed by atoms with Gasteiger partial charge in [0.1, 0.15) is 24.6 Å². The van der Waals surface area contributed by atoms with Crippen LogP contribution in [0.25, 0.3) is 5.57 Å². The molecule has 1 saturated carbocycles. The topological polar surface area (TPSA) is 60.0 Å². The standard InChI is InChI=1S/C31H42N2O4/c1-4-24(29-15-9-8-14-28(29)23(2)11-10-18-35-3)21-33(25-16-17-25)31(34)30-20-32-19-27(37-30)22-36-26-12-6-5-7-13-26/h4-9,12-15,23,25,27,30,32H,10-11,16-22H2,1-3H3/b24-4-/t23?,27-,30+/m0/s1. The van der Waals surface area contributed by atoms with Crippen LogP contribution in [0.4, 0.5) is 0 Å². The number of nitrogens with zero attached hydrogens (tertiary/aromatic N) is 1. The second-order valence-corrected chi connectivity index (χ2v) is 10.2. The predicted molar refractivity (Wildman–Crippen MR) is 148 cm³/mol. The SMILES string of the molecule is C/C=C(/CN(C(=O)[C@H]1CNC[C@@H](COc2ccccc2)O1)C1CC1)c1ccccc1C(C)CCCOC. The highest BCUT2D eigenvalue weighted by molar-refractivity contribution is 5.84. The van der Waals surface area contributed by atoms with Crippen LogP contribution in [-0.2, 0) is 14.3 Å². The molecule has 1 saturated heterocycles. The van der Waals surface area contributed by atoms with Gasteiger partial charge in [0.25, 0.3) is 5.91 Å². The average molecular weight is 507 g/mol. The highest BCUT2D eigenvalue weighted by Crippen LogP contribution is 2.33. The summed E-state index contributed by atoms with van der Waals surface area (Å²) in [5.74, 6) is 1.30. The Hall–Kier alpha value is -2.67. The quantitative estimate of drug-likeness (QED) is 0.386. The molecule has 6 nitrogen and oxygen atoms in total. The van der Waals surface area contributed by atoms with E-state index in [1.165, 1.54) is 16.7 Å². The zero-order valence-corrected chi connectivity index (χ0v) is 22.5. The zero-order chi connectivity index (χ0) is 26.0. The minimum Gasteiger partial charge on any atom is -0.491 e. The van der Waals surface area contributed by atoms with Crippen molar-refractivity contribution in [3.8, 4) is 5.75 Å². The lowest BCUT2D eigenvalue weighted by Gasteiger charge is -2.34. The van der Waals surface area contributed by atoms with Crippen LogP contribution in [0.2, 0.25) is 0 Å². The van der Waals surface area contributed by atoms with Crippen LogP contribution in [0, 0.1) is 0 Å². The lowest BCUT2D eigenvalue weighted by Crippen LogP contribution is -2.54. The molecule has 6 heteroatoms. The molecule has 2 aliphatic rings. The third-order valence-corrected chi connectivity index (χ3v) is 7.30. The zero-order valence-electron chi connectivity index (χ0n) is 22.5. The molecule has 1 aliphatic carbocycles. The number of para-hydroxylation sites is 1. The Labute approximate surface area is 222 Å². The fourth-order valence-electron chi connectivity index (χ4n) is 5.04. The number of hydrogen-bond donors (Lipinski definition) is 1. The van der Waals surface area contributed by atoms with Gasteiger partial charge in [-0.3, -0.25) is 4.79 Å². The molecule has 1 unspecified atom stereocenters. The Kier molecular flexibility index (Phi) is 10.2. The number of rotatable bonds is 13. The molecule has 1 aliphatic heterocycles. The molecule has 2 aromatic carbocycles. The van der Waals surface area contributed by atoms with Crippen LogP contribution in [0.3, 0.4) is 0 Å². The Morgan fingerprint density at radius 2 is 1.89 bits per heavy atom. The number of hydrogen-bond acceptors (Lipinski definition) is 5. The van der Waals surface area contributed by atoms with Crippen molar-refractivity contribution in [2.75, 3.05) is 40.0 Å². The van der Waals surface area contributed by atoms with Gasteiger partial charge in [0, 0.05) is 39.4 Å². The van der Waals surface area contributed by atoms with Gasteiger partial charge < -0.3 is 24.4 Å². The summed E-state index contributed by atoms with van der Waals surface area (Å²) in [6, 6.07) is 18.7. The minimum atomic E-state index is -0.500. The molecule has 2 aromatic rings. The maximum Gasteiger partial charge on any atom is 0.253 e. The molecule has 4 rings (SSSR count). The highest BCUT2D eigenvalue weighted by atomic mass is 16.5. The monoisotopic (exact) mass is 506 g/mol. The van der Waals surface area contributed by atoms with Crippen LogP contribution < -0.4 is 10.1 Å². The number of ether oxygens (including phenoxy) is 3. The van der Waals surface area contributed by atoms with Gasteiger partial charge in [-0.25, -0.2) is 0 Å². The number of amides is 1. The second kappa shape index (κ2) is 13.8. The van der Waals surface area contributed by atoms with Crippen molar-refractivity contribution in [3.63, 3.8) is 0 Å². The summed E-state index contributed by atoms with van der Waals surface area (Å²) < 4.78 is 17.4. The smallest absolute Gasteiger partial charge is 0.253 e. The van der Waals surface area contributed by atoms with Crippen molar-refractivity contribution < 1.29 is 19.0 Å². The maximum absolute atomic E-state index is 13.8. The summed E-state index contributed by atoms with van der Waals surface area (Å²) in [4.78, 5) is 15.8. The van der Waals surface area contributed by atoms with Crippen LogP contribution in [0.15, 0.2) is 60.7 Å². The summed E-state index contributed by atoms with van der Waals surface area (Å²) in [6.07, 6.45) is 5.71. The van der Waals surface area contributed by atoms with E-state index in [2.05, 4.69) is 54.4 Å². The van der Waals surface area contributed by atoms with Crippen LogP contribution in [0.1, 0.15) is 56.6 Å². The predicted octanol–water partition coefficient (Wildman–Crippen LogP) is 5.05. The van der Waals surface area contributed by atoms with Crippen molar-refractivity contribution in [3.05, 3.63) is 71.8 Å². The Balaban J connectivity index is 1.42. The molecule has 0 spiro atoms. The number of allylic oxidation sites excluding steroid dienone is 1. The van der Waals surface area contributed by atoms with Gasteiger partial charge >= 0.3 is 0 Å². The third-order valence-electron chi connectivity index (χ3n) is 7.30. The molecule has 200 valence electrons. The van der Waals surface area contributed by atoms with Crippen molar-refractivity contribution in [2.45, 2.75) is 63.7 Å². The highest BCUT2D eigenvalue weighted by Gasteiger charge is 2.39. The van der Waals surface area contributed by atoms with E-state index in [4.69, 9.17) is 14.2 Å². The first-order valence-electron chi connectivity index (χ1n) is 13.7. The average Bonchev–Trinajstić information content (AvgIpc) is 3.78. The Morgan fingerprint density at radius 1 is 1.14 bits per heavy atom. The third kappa shape index (κ3) is 7.67. The molecule has 0 bridgehead atoms. The number of nitrogens with one attached hydrogen (secondary N) is 1. The van der Waals surface area contributed by atoms with E-state index >= 15 is 0 Å². The second-order valence-electron chi connectivity index (χ2n) is 10.2. The van der Waals surface area contributed by atoms with E-state index in [1.807, 2.05) is 30.3 Å². The van der Waals surface area contributed by atoms with Gasteiger partial charge in [0.15, 0.2) is 0 Å². The first-order valence-corrected chi connectivity index (χ1v) is 13.7. The summed E-state index contributed by atoms with van der Waals surface area (Å²) in [5, 5.41) is 3.39. The van der Waals surface area contributed by atoms with Gasteiger partial charge in [-0.2, -0.15) is 0 Å². The fraction of sp³-hybridized carbons (Fsp3) is 0.516. The van der Waals surface area contributed by atoms with Gasteiger partial charge in [-0.1, -0.05) is 55.5 Å². The van der Waals surface area contributed by atoms with Crippen molar-refractivity contribution >= 4 is 11.5 Å². The molecule has 1 heterocycles. The molecule has 0 radical (unpaired) electrons. The lowest BCUT2D eigenvalue weighted by atomic mass is 9.88. The van der Waals surface area contributed by atoms with Gasteiger partial charge in [-0.15, -0.1) is 0 Å². The number of benzene rings is 2. The molecule has 2 fully saturated rings. The van der Waals surface area contributed by atoms with Crippen molar-refractivity contribution in [2.24, 2.45) is 0 Å². The van der Waals surface area contributed by atoms with E-state index in [9.17, 15) is 4.79 Å². The van der Waals surface area contributed by atoms with Gasteiger partial charge in [-0.05, 0) is 67.4 Å². The van der Waals surface area contributed by atoms with Crippen LogP contribution in [0.5, 0.6) is 5.75 Å². The largest absolute Gasteiger partial charge is 0.491 e. The summed E-state index contributed by atoms with van der Waals surface area (Å²) in [6.45, 7) is 7.36. The Morgan fingerprint density at radius 3 is 2.62 bits per heavy atom. The first kappa shape index (κ1) is 27.4. The summed E-state index contributed by atoms with van der Waals surface area (Å²) in [7, 11) is 1.75. The molecule has 37 heavy (non-hydrogen) atoms. The van der Waals surface area contributed by atoms with E-state index in [0.29, 0.717) is 38.2 Å². The normalized spacial score (nSPS) is 20.9. The van der Waals surface area contributed by atoms with E-state index in [-0.39, 0.29) is 12.0 Å². The summed E-state index contributed by atoms with van der Waals surface area (Å²) in [5.41, 5.74) is 3.77. The van der Waals surface area contributed by atoms with Gasteiger partial charge in [0.05, 0.1) is 0 Å². The van der Waals surface area contributed by atoms with Crippen molar-refractivity contribution in [1.82, 2.24) is 10.2 Å². The van der Waals surface area contributed by atoms with E-state index < -0.39 is 6.10 Å². The lowest BCUT2D eigenvalue weighted by molar-refractivity contribution is -0.151. The van der Waals surface area contributed by atoms with E-state index in [1.54, 1.807) is 7.11 Å². The van der Waals surface area contributed by atoms with Crippen LogP contribution in [-0.4, -0.2) is 69.0 Å². The molecule has 1 amide bonds. The molecule has 0 aromatic heterocycles. The molecular formula is C31H42N2O4. The van der Waals surface area contributed by atoms with Gasteiger partial charge in [0.2, 0.25) is 0 Å². The van der Waals surface area contributed by atoms with E-state index in [0.717, 1.165) is 38.0 Å². The number of carbonyl (C=O) groups is 1. The minimum absolute atomic E-state index is 0.0735. The summed E-state index contributed by atoms with van der Waals surface area (Å²) >= 11 is 0. The maximum atomic E-state index is 13.8. The fourth-order valence-corrected chi connectivity index (χ4v) is 5.04. The molecule has 1 N–H and O–H groups in total. The molecule has 3 atom stereocenters. The number of morpholine rings is 1. The van der Waals surface area contributed by atoms with Crippen LogP contribution >= 0.6 is 0 Å². The van der Waals surface area contributed by atoms with Crippen molar-refractivity contribution in [1.29, 1.82) is 0 Å². The number of carbonyl (C=O) groups excluding carboxylic acids is 1. The number of methoxy groups -OCH3 is 1. The Bertz CT molecular complexity index is 1020. The molecular weight excluding hydrogens is 464 g/mol.